The molecule has 0 fully saturated rings. The van der Waals surface area contributed by atoms with Crippen molar-refractivity contribution in [3.8, 4) is 0 Å². The molecule has 0 saturated carbocycles. The van der Waals surface area contributed by atoms with E-state index in [4.69, 9.17) is 10.2 Å². The first-order valence-electron chi connectivity index (χ1n) is 8.36. The first-order chi connectivity index (χ1) is 11.8. The molecule has 0 atom stereocenters. The summed E-state index contributed by atoms with van der Waals surface area (Å²) < 4.78 is 0. The molecule has 0 aliphatic rings. The number of carboxylic acids is 2. The van der Waals surface area contributed by atoms with Gasteiger partial charge in [-0.2, -0.15) is 0 Å². The highest BCUT2D eigenvalue weighted by Crippen LogP contribution is 2.13. The van der Waals surface area contributed by atoms with Crippen LogP contribution in [-0.2, 0) is 14.4 Å². The fraction of sp³-hybridized carbons (Fsp3) is 0.450. The second-order valence-electron chi connectivity index (χ2n) is 6.08. The van der Waals surface area contributed by atoms with Crippen LogP contribution in [0.5, 0.6) is 0 Å². The molecule has 0 aromatic rings. The van der Waals surface area contributed by atoms with Gasteiger partial charge in [-0.3, -0.25) is 4.79 Å². The number of aliphatic carboxylic acids is 2. The largest absolute Gasteiger partial charge is 0.478 e. The van der Waals surface area contributed by atoms with Gasteiger partial charge in [0.15, 0.2) is 0 Å². The Bertz CT molecular complexity index is 591. The van der Waals surface area contributed by atoms with Crippen LogP contribution >= 0.6 is 0 Å². The fourth-order valence-electron chi connectivity index (χ4n) is 2.17. The van der Waals surface area contributed by atoms with Gasteiger partial charge < -0.3 is 10.2 Å². The van der Waals surface area contributed by atoms with E-state index in [1.165, 1.54) is 18.6 Å². The summed E-state index contributed by atoms with van der Waals surface area (Å²) in [6.07, 6.45) is 11.8. The van der Waals surface area contributed by atoms with Crippen molar-refractivity contribution in [2.75, 3.05) is 0 Å². The van der Waals surface area contributed by atoms with E-state index in [1.54, 1.807) is 13.0 Å². The van der Waals surface area contributed by atoms with E-state index in [0.29, 0.717) is 24.8 Å². The lowest BCUT2D eigenvalue weighted by Gasteiger charge is -2.02. The normalized spacial score (nSPS) is 13.7. The van der Waals surface area contributed by atoms with Crippen LogP contribution in [0.25, 0.3) is 0 Å². The van der Waals surface area contributed by atoms with E-state index in [0.717, 1.165) is 31.1 Å². The monoisotopic (exact) mass is 348 g/mol. The molecule has 0 spiro atoms. The fourth-order valence-corrected chi connectivity index (χ4v) is 2.17. The number of hydrogen-bond acceptors (Lipinski definition) is 3. The summed E-state index contributed by atoms with van der Waals surface area (Å²) >= 11 is 0. The smallest absolute Gasteiger partial charge is 0.330 e. The maximum absolute atomic E-state index is 11.1. The lowest BCUT2D eigenvalue weighted by atomic mass is 10.0. The molecule has 0 aromatic carbocycles. The molecule has 0 unspecified atom stereocenters. The van der Waals surface area contributed by atoms with Crippen LogP contribution in [0.3, 0.4) is 0 Å². The molecule has 0 rings (SSSR count). The van der Waals surface area contributed by atoms with Crippen molar-refractivity contribution >= 4 is 18.2 Å². The molecule has 0 amide bonds. The molecular weight excluding hydrogens is 320 g/mol. The predicted molar refractivity (Wildman–Crippen MR) is 98.4 cm³/mol. The highest BCUT2D eigenvalue weighted by atomic mass is 16.4. The molecule has 0 aromatic heterocycles. The Morgan fingerprint density at radius 3 is 1.92 bits per heavy atom. The minimum Gasteiger partial charge on any atom is -0.478 e. The van der Waals surface area contributed by atoms with Crippen molar-refractivity contribution in [1.82, 2.24) is 0 Å². The summed E-state index contributed by atoms with van der Waals surface area (Å²) in [5.41, 5.74) is 3.01. The average Bonchev–Trinajstić information content (AvgIpc) is 2.52. The van der Waals surface area contributed by atoms with Gasteiger partial charge in [-0.05, 0) is 64.9 Å². The summed E-state index contributed by atoms with van der Waals surface area (Å²) in [6.45, 7) is 5.36. The molecule has 5 nitrogen and oxygen atoms in total. The van der Waals surface area contributed by atoms with Gasteiger partial charge in [-0.25, -0.2) is 9.59 Å². The van der Waals surface area contributed by atoms with E-state index in [1.807, 2.05) is 13.0 Å². The van der Waals surface area contributed by atoms with Crippen molar-refractivity contribution in [1.29, 1.82) is 0 Å². The number of rotatable bonds is 12. The van der Waals surface area contributed by atoms with E-state index in [-0.39, 0.29) is 5.57 Å². The molecular formula is C20H28O5. The minimum atomic E-state index is -0.939. The Balaban J connectivity index is 4.30. The molecule has 0 saturated heterocycles. The van der Waals surface area contributed by atoms with Crippen molar-refractivity contribution in [2.45, 2.75) is 59.3 Å². The van der Waals surface area contributed by atoms with Gasteiger partial charge in [0.25, 0.3) is 0 Å². The SMILES string of the molecule is C/C(=C/C(=O)O)CC/C=C(/C)CC/C=C(/C=O)CC/C=C(\C)C(=O)O. The zero-order valence-electron chi connectivity index (χ0n) is 15.2. The number of carbonyl (C=O) groups is 3. The second kappa shape index (κ2) is 12.9. The maximum Gasteiger partial charge on any atom is 0.330 e. The number of carbonyl (C=O) groups excluding carboxylic acids is 1. The van der Waals surface area contributed by atoms with E-state index in [2.05, 4.69) is 6.08 Å². The Morgan fingerprint density at radius 1 is 0.800 bits per heavy atom. The van der Waals surface area contributed by atoms with E-state index in [9.17, 15) is 14.4 Å². The third-order valence-electron chi connectivity index (χ3n) is 3.72. The quantitative estimate of drug-likeness (QED) is 0.309. The zero-order valence-corrected chi connectivity index (χ0v) is 15.2. The number of hydrogen-bond donors (Lipinski definition) is 2. The molecule has 0 radical (unpaired) electrons. The Hall–Kier alpha value is -2.43. The maximum atomic E-state index is 11.1. The molecule has 0 bridgehead atoms. The van der Waals surface area contributed by atoms with Crippen molar-refractivity contribution < 1.29 is 24.6 Å². The second-order valence-corrected chi connectivity index (χ2v) is 6.08. The average molecular weight is 348 g/mol. The molecule has 0 aliphatic heterocycles. The summed E-state index contributed by atoms with van der Waals surface area (Å²) in [6, 6.07) is 0. The van der Waals surface area contributed by atoms with Crippen LogP contribution in [0, 0.1) is 0 Å². The molecule has 25 heavy (non-hydrogen) atoms. The van der Waals surface area contributed by atoms with Crippen molar-refractivity contribution in [3.05, 3.63) is 46.6 Å². The summed E-state index contributed by atoms with van der Waals surface area (Å²) in [5, 5.41) is 17.4. The Kier molecular flexibility index (Phi) is 11.7. The molecule has 5 heteroatoms. The van der Waals surface area contributed by atoms with Gasteiger partial charge in [0.05, 0.1) is 0 Å². The molecule has 0 aliphatic carbocycles. The molecule has 2 N–H and O–H groups in total. The summed E-state index contributed by atoms with van der Waals surface area (Å²) in [7, 11) is 0. The topological polar surface area (TPSA) is 91.7 Å². The van der Waals surface area contributed by atoms with Gasteiger partial charge >= 0.3 is 11.9 Å². The van der Waals surface area contributed by atoms with Gasteiger partial charge in [-0.1, -0.05) is 29.4 Å². The van der Waals surface area contributed by atoms with Crippen LogP contribution in [0.4, 0.5) is 0 Å². The molecule has 0 heterocycles. The van der Waals surface area contributed by atoms with Gasteiger partial charge in [0, 0.05) is 11.6 Å². The Morgan fingerprint density at radius 2 is 1.36 bits per heavy atom. The standard InChI is InChI=1S/C20H28O5/c1-15(7-4-9-16(2)13-19(22)23)8-5-11-18(14-21)12-6-10-17(3)20(24)25/h7,10-11,13-14H,4-6,8-9,12H2,1-3H3,(H,22,23)(H,24,25)/b15-7-,16-13-,17-10+,18-11+. The van der Waals surface area contributed by atoms with Gasteiger partial charge in [0.2, 0.25) is 0 Å². The van der Waals surface area contributed by atoms with E-state index < -0.39 is 11.9 Å². The zero-order chi connectivity index (χ0) is 19.2. The number of carboxylic acid groups (broad SMARTS) is 2. The highest BCUT2D eigenvalue weighted by Gasteiger charge is 2.00. The molecule has 138 valence electrons. The van der Waals surface area contributed by atoms with Crippen LogP contribution in [0.1, 0.15) is 59.3 Å². The lowest BCUT2D eigenvalue weighted by Crippen LogP contribution is -1.96. The first kappa shape index (κ1) is 22.6. The van der Waals surface area contributed by atoms with Crippen molar-refractivity contribution in [2.24, 2.45) is 0 Å². The number of aldehydes is 1. The van der Waals surface area contributed by atoms with Crippen LogP contribution < -0.4 is 0 Å². The van der Waals surface area contributed by atoms with Crippen LogP contribution in [-0.4, -0.2) is 28.4 Å². The third kappa shape index (κ3) is 12.6. The van der Waals surface area contributed by atoms with E-state index >= 15 is 0 Å². The lowest BCUT2D eigenvalue weighted by molar-refractivity contribution is -0.133. The van der Waals surface area contributed by atoms with Gasteiger partial charge in [-0.15, -0.1) is 0 Å². The van der Waals surface area contributed by atoms with Crippen molar-refractivity contribution in [3.63, 3.8) is 0 Å². The Labute approximate surface area is 149 Å². The minimum absolute atomic E-state index is 0.288. The van der Waals surface area contributed by atoms with Crippen LogP contribution in [0.15, 0.2) is 46.6 Å². The highest BCUT2D eigenvalue weighted by molar-refractivity contribution is 5.85. The summed E-state index contributed by atoms with van der Waals surface area (Å²) in [4.78, 5) is 32.3. The van der Waals surface area contributed by atoms with Gasteiger partial charge in [0.1, 0.15) is 6.29 Å². The predicted octanol–water partition coefficient (Wildman–Crippen LogP) is 4.46. The number of allylic oxidation sites excluding steroid dienone is 6. The van der Waals surface area contributed by atoms with Crippen LogP contribution in [0.2, 0.25) is 0 Å². The third-order valence-corrected chi connectivity index (χ3v) is 3.72. The first-order valence-corrected chi connectivity index (χ1v) is 8.36. The summed E-state index contributed by atoms with van der Waals surface area (Å²) in [5.74, 6) is -1.86.